The third-order valence-corrected chi connectivity index (χ3v) is 2.04. The molecule has 4 heteroatoms. The maximum Gasteiger partial charge on any atom is 0.160 e. The standard InChI is InChI=1S/C10H15NO3/c1-6(11)10(13)7-3-4-8(12)9(5-7)14-2/h3-6,10,12-13H,11H2,1-2H3/t6-,10-/m1/s1. The van der Waals surface area contributed by atoms with Crippen LogP contribution < -0.4 is 10.5 Å². The van der Waals surface area contributed by atoms with Crippen LogP contribution in [0.4, 0.5) is 0 Å². The number of aliphatic hydroxyl groups is 1. The van der Waals surface area contributed by atoms with Crippen LogP contribution in [-0.4, -0.2) is 23.4 Å². The zero-order chi connectivity index (χ0) is 10.7. The van der Waals surface area contributed by atoms with E-state index in [9.17, 15) is 10.2 Å². The number of hydrogen-bond donors (Lipinski definition) is 3. The molecule has 0 aromatic heterocycles. The molecule has 0 aliphatic carbocycles. The maximum atomic E-state index is 9.65. The Kier molecular flexibility index (Phi) is 3.33. The molecule has 1 aromatic carbocycles. The average molecular weight is 197 g/mol. The summed E-state index contributed by atoms with van der Waals surface area (Å²) in [6.07, 6.45) is -0.746. The Bertz CT molecular complexity index is 312. The summed E-state index contributed by atoms with van der Waals surface area (Å²) in [5, 5.41) is 19.0. The van der Waals surface area contributed by atoms with Crippen LogP contribution >= 0.6 is 0 Å². The van der Waals surface area contributed by atoms with E-state index in [1.165, 1.54) is 13.2 Å². The van der Waals surface area contributed by atoms with Crippen molar-refractivity contribution in [1.29, 1.82) is 0 Å². The van der Waals surface area contributed by atoms with Crippen molar-refractivity contribution in [2.45, 2.75) is 19.1 Å². The van der Waals surface area contributed by atoms with Gasteiger partial charge in [-0.2, -0.15) is 0 Å². The SMILES string of the molecule is COc1cc([C@H](O)[C@@H](C)N)ccc1O. The summed E-state index contributed by atoms with van der Waals surface area (Å²) in [7, 11) is 1.46. The Labute approximate surface area is 82.9 Å². The molecule has 0 heterocycles. The first-order valence-corrected chi connectivity index (χ1v) is 4.36. The topological polar surface area (TPSA) is 75.7 Å². The fourth-order valence-electron chi connectivity index (χ4n) is 1.18. The molecule has 1 aromatic rings. The predicted octanol–water partition coefficient (Wildman–Crippen LogP) is 0.781. The number of ether oxygens (including phenoxy) is 1. The van der Waals surface area contributed by atoms with E-state index >= 15 is 0 Å². The second kappa shape index (κ2) is 4.30. The maximum absolute atomic E-state index is 9.65. The van der Waals surface area contributed by atoms with Crippen LogP contribution in [0.1, 0.15) is 18.6 Å². The Hall–Kier alpha value is -1.26. The van der Waals surface area contributed by atoms with Gasteiger partial charge in [0.05, 0.1) is 13.2 Å². The van der Waals surface area contributed by atoms with E-state index in [4.69, 9.17) is 10.5 Å². The van der Waals surface area contributed by atoms with Crippen molar-refractivity contribution in [1.82, 2.24) is 0 Å². The molecule has 0 fully saturated rings. The monoisotopic (exact) mass is 197 g/mol. The minimum atomic E-state index is -0.746. The smallest absolute Gasteiger partial charge is 0.160 e. The van der Waals surface area contributed by atoms with Gasteiger partial charge < -0.3 is 20.7 Å². The van der Waals surface area contributed by atoms with E-state index in [1.54, 1.807) is 19.1 Å². The van der Waals surface area contributed by atoms with Gasteiger partial charge in [-0.3, -0.25) is 0 Å². The first kappa shape index (κ1) is 10.8. The lowest BCUT2D eigenvalue weighted by molar-refractivity contribution is 0.153. The number of benzene rings is 1. The highest BCUT2D eigenvalue weighted by atomic mass is 16.5. The van der Waals surface area contributed by atoms with E-state index in [0.29, 0.717) is 11.3 Å². The van der Waals surface area contributed by atoms with E-state index in [0.717, 1.165) is 0 Å². The van der Waals surface area contributed by atoms with Crippen molar-refractivity contribution in [2.24, 2.45) is 5.73 Å². The summed E-state index contributed by atoms with van der Waals surface area (Å²) in [6, 6.07) is 4.30. The van der Waals surface area contributed by atoms with Crippen LogP contribution in [0.2, 0.25) is 0 Å². The minimum Gasteiger partial charge on any atom is -0.504 e. The highest BCUT2D eigenvalue weighted by molar-refractivity contribution is 5.42. The average Bonchev–Trinajstić information content (AvgIpc) is 2.17. The summed E-state index contributed by atoms with van der Waals surface area (Å²) >= 11 is 0. The number of aromatic hydroxyl groups is 1. The molecule has 14 heavy (non-hydrogen) atoms. The quantitative estimate of drug-likeness (QED) is 0.669. The lowest BCUT2D eigenvalue weighted by Crippen LogP contribution is -2.24. The van der Waals surface area contributed by atoms with Crippen LogP contribution in [0, 0.1) is 0 Å². The van der Waals surface area contributed by atoms with Gasteiger partial charge in [0.2, 0.25) is 0 Å². The minimum absolute atomic E-state index is 0.0492. The highest BCUT2D eigenvalue weighted by Gasteiger charge is 2.14. The van der Waals surface area contributed by atoms with E-state index < -0.39 is 6.10 Å². The lowest BCUT2D eigenvalue weighted by atomic mass is 10.0. The Morgan fingerprint density at radius 3 is 2.57 bits per heavy atom. The summed E-state index contributed by atoms with van der Waals surface area (Å²) < 4.78 is 4.91. The summed E-state index contributed by atoms with van der Waals surface area (Å²) in [4.78, 5) is 0. The largest absolute Gasteiger partial charge is 0.504 e. The van der Waals surface area contributed by atoms with E-state index in [-0.39, 0.29) is 11.8 Å². The van der Waals surface area contributed by atoms with Crippen LogP contribution in [0.5, 0.6) is 11.5 Å². The summed E-state index contributed by atoms with van der Waals surface area (Å²) in [5.74, 6) is 0.385. The predicted molar refractivity (Wildman–Crippen MR) is 53.3 cm³/mol. The summed E-state index contributed by atoms with van der Waals surface area (Å²) in [5.41, 5.74) is 6.18. The third-order valence-electron chi connectivity index (χ3n) is 2.04. The number of phenolic OH excluding ortho intramolecular Hbond substituents is 1. The van der Waals surface area contributed by atoms with Gasteiger partial charge in [0.1, 0.15) is 0 Å². The first-order valence-electron chi connectivity index (χ1n) is 4.36. The van der Waals surface area contributed by atoms with Gasteiger partial charge in [0.15, 0.2) is 11.5 Å². The molecule has 2 atom stereocenters. The fourth-order valence-corrected chi connectivity index (χ4v) is 1.18. The Balaban J connectivity index is 3.00. The molecule has 0 unspecified atom stereocenters. The van der Waals surface area contributed by atoms with Gasteiger partial charge in [0, 0.05) is 6.04 Å². The molecule has 78 valence electrons. The Morgan fingerprint density at radius 1 is 1.43 bits per heavy atom. The Morgan fingerprint density at radius 2 is 2.07 bits per heavy atom. The third kappa shape index (κ3) is 2.16. The van der Waals surface area contributed by atoms with Crippen molar-refractivity contribution < 1.29 is 14.9 Å². The second-order valence-corrected chi connectivity index (χ2v) is 3.24. The molecule has 0 amide bonds. The number of rotatable bonds is 3. The van der Waals surface area contributed by atoms with Crippen LogP contribution in [0.25, 0.3) is 0 Å². The van der Waals surface area contributed by atoms with E-state index in [2.05, 4.69) is 0 Å². The van der Waals surface area contributed by atoms with E-state index in [1.807, 2.05) is 0 Å². The van der Waals surface area contributed by atoms with Crippen LogP contribution in [-0.2, 0) is 0 Å². The molecule has 4 nitrogen and oxygen atoms in total. The van der Waals surface area contributed by atoms with Crippen molar-refractivity contribution in [2.75, 3.05) is 7.11 Å². The molecule has 0 radical (unpaired) electrons. The number of nitrogens with two attached hydrogens (primary N) is 1. The molecule has 1 rings (SSSR count). The molecule has 4 N–H and O–H groups in total. The zero-order valence-electron chi connectivity index (χ0n) is 8.27. The molecule has 0 saturated carbocycles. The molecule has 0 aliphatic rings. The van der Waals surface area contributed by atoms with Crippen molar-refractivity contribution in [3.63, 3.8) is 0 Å². The first-order chi connectivity index (χ1) is 6.56. The fraction of sp³-hybridized carbons (Fsp3) is 0.400. The van der Waals surface area contributed by atoms with Crippen LogP contribution in [0.15, 0.2) is 18.2 Å². The van der Waals surface area contributed by atoms with Crippen molar-refractivity contribution >= 4 is 0 Å². The molecular weight excluding hydrogens is 182 g/mol. The van der Waals surface area contributed by atoms with Gasteiger partial charge in [-0.25, -0.2) is 0 Å². The molecular formula is C10H15NO3. The van der Waals surface area contributed by atoms with Gasteiger partial charge in [0.25, 0.3) is 0 Å². The van der Waals surface area contributed by atoms with Crippen molar-refractivity contribution in [3.8, 4) is 11.5 Å². The second-order valence-electron chi connectivity index (χ2n) is 3.24. The van der Waals surface area contributed by atoms with Gasteiger partial charge in [-0.1, -0.05) is 6.07 Å². The molecule has 0 bridgehead atoms. The van der Waals surface area contributed by atoms with Gasteiger partial charge >= 0.3 is 0 Å². The molecule has 0 spiro atoms. The molecule has 0 saturated heterocycles. The zero-order valence-corrected chi connectivity index (χ0v) is 8.27. The van der Waals surface area contributed by atoms with Crippen molar-refractivity contribution in [3.05, 3.63) is 23.8 Å². The lowest BCUT2D eigenvalue weighted by Gasteiger charge is -2.15. The molecule has 0 aliphatic heterocycles. The van der Waals surface area contributed by atoms with Crippen LogP contribution in [0.3, 0.4) is 0 Å². The number of aliphatic hydroxyl groups excluding tert-OH is 1. The normalized spacial score (nSPS) is 14.9. The number of methoxy groups -OCH3 is 1. The summed E-state index contributed by atoms with van der Waals surface area (Å²) in [6.45, 7) is 1.71. The number of hydrogen-bond acceptors (Lipinski definition) is 4. The highest BCUT2D eigenvalue weighted by Crippen LogP contribution is 2.29. The number of phenols is 1. The van der Waals surface area contributed by atoms with Gasteiger partial charge in [-0.05, 0) is 24.6 Å². The van der Waals surface area contributed by atoms with Gasteiger partial charge in [-0.15, -0.1) is 0 Å².